The molecule has 0 unspecified atom stereocenters. The number of benzene rings is 2. The third-order valence-corrected chi connectivity index (χ3v) is 3.43. The Kier molecular flexibility index (Phi) is 4.63. The molecule has 1 heterocycles. The van der Waals surface area contributed by atoms with E-state index in [0.29, 0.717) is 0 Å². The molecule has 3 nitrogen and oxygen atoms in total. The highest BCUT2D eigenvalue weighted by molar-refractivity contribution is 5.80. The van der Waals surface area contributed by atoms with Crippen LogP contribution < -0.4 is 4.90 Å². The number of fused-ring (bicyclic) bond motifs is 1. The van der Waals surface area contributed by atoms with Gasteiger partial charge < -0.3 is 9.47 Å². The summed E-state index contributed by atoms with van der Waals surface area (Å²) in [5.74, 6) is 1.01. The molecule has 21 heavy (non-hydrogen) atoms. The Morgan fingerprint density at radius 2 is 1.52 bits per heavy atom. The van der Waals surface area contributed by atoms with E-state index >= 15 is 0 Å². The quantitative estimate of drug-likeness (QED) is 0.697. The fourth-order valence-corrected chi connectivity index (χ4v) is 2.31. The molecular formula is C18H23N3. The van der Waals surface area contributed by atoms with Crippen molar-refractivity contribution < 1.29 is 0 Å². The average molecular weight is 281 g/mol. The molecule has 3 heteroatoms. The Morgan fingerprint density at radius 3 is 2.10 bits per heavy atom. The van der Waals surface area contributed by atoms with E-state index in [2.05, 4.69) is 46.8 Å². The maximum absolute atomic E-state index is 4.71. The topological polar surface area (TPSA) is 21.1 Å². The fraction of sp³-hybridized carbons (Fsp3) is 0.278. The van der Waals surface area contributed by atoms with Gasteiger partial charge in [-0.15, -0.1) is 0 Å². The number of para-hydroxylation sites is 2. The summed E-state index contributed by atoms with van der Waals surface area (Å²) < 4.78 is 2.14. The van der Waals surface area contributed by atoms with Crippen LogP contribution >= 0.6 is 0 Å². The minimum Gasteiger partial charge on any atom is -0.378 e. The minimum absolute atomic E-state index is 1.01. The first-order valence-electron chi connectivity index (χ1n) is 7.36. The molecule has 3 rings (SSSR count). The molecule has 0 amide bonds. The molecule has 0 bridgehead atoms. The van der Waals surface area contributed by atoms with Crippen LogP contribution in [0, 0.1) is 0 Å². The van der Waals surface area contributed by atoms with Crippen LogP contribution in [0.25, 0.3) is 22.4 Å². The Labute approximate surface area is 126 Å². The Balaban J connectivity index is 0.000000774. The molecule has 0 radical (unpaired) electrons. The zero-order chi connectivity index (χ0) is 15.4. The maximum atomic E-state index is 4.71. The molecule has 0 aliphatic heterocycles. The van der Waals surface area contributed by atoms with E-state index in [1.54, 1.807) is 0 Å². The monoisotopic (exact) mass is 281 g/mol. The third kappa shape index (κ3) is 2.92. The predicted octanol–water partition coefficient (Wildman–Crippen LogP) is 4.33. The third-order valence-electron chi connectivity index (χ3n) is 3.43. The Morgan fingerprint density at radius 1 is 0.905 bits per heavy atom. The van der Waals surface area contributed by atoms with Crippen LogP contribution in [0.15, 0.2) is 48.5 Å². The van der Waals surface area contributed by atoms with Crippen molar-refractivity contribution in [3.63, 3.8) is 0 Å². The van der Waals surface area contributed by atoms with E-state index in [1.807, 2.05) is 46.1 Å². The molecule has 2 aromatic carbocycles. The molecule has 0 saturated heterocycles. The van der Waals surface area contributed by atoms with E-state index < -0.39 is 0 Å². The van der Waals surface area contributed by atoms with Crippen molar-refractivity contribution in [1.82, 2.24) is 9.55 Å². The van der Waals surface area contributed by atoms with Gasteiger partial charge in [0.25, 0.3) is 0 Å². The van der Waals surface area contributed by atoms with Crippen molar-refractivity contribution in [3.05, 3.63) is 48.5 Å². The van der Waals surface area contributed by atoms with Crippen molar-refractivity contribution in [2.45, 2.75) is 13.8 Å². The van der Waals surface area contributed by atoms with Crippen LogP contribution in [0.1, 0.15) is 13.8 Å². The Bertz CT molecular complexity index is 709. The number of rotatable bonds is 2. The zero-order valence-electron chi connectivity index (χ0n) is 13.5. The van der Waals surface area contributed by atoms with Gasteiger partial charge in [0.1, 0.15) is 5.82 Å². The first-order chi connectivity index (χ1) is 10.2. The van der Waals surface area contributed by atoms with E-state index in [1.165, 1.54) is 5.69 Å². The summed E-state index contributed by atoms with van der Waals surface area (Å²) in [5, 5.41) is 0. The second-order valence-electron chi connectivity index (χ2n) is 4.92. The van der Waals surface area contributed by atoms with Crippen LogP contribution in [0.4, 0.5) is 5.69 Å². The summed E-state index contributed by atoms with van der Waals surface area (Å²) in [4.78, 5) is 6.80. The molecule has 110 valence electrons. The van der Waals surface area contributed by atoms with Crippen molar-refractivity contribution in [2.75, 3.05) is 19.0 Å². The molecule has 3 aromatic rings. The van der Waals surface area contributed by atoms with Gasteiger partial charge in [0.2, 0.25) is 0 Å². The molecule has 1 aromatic heterocycles. The molecule has 0 spiro atoms. The summed E-state index contributed by atoms with van der Waals surface area (Å²) in [5.41, 5.74) is 4.54. The predicted molar refractivity (Wildman–Crippen MR) is 91.8 cm³/mol. The molecule has 0 N–H and O–H groups in total. The lowest BCUT2D eigenvalue weighted by molar-refractivity contribution is 0.959. The molecular weight excluding hydrogens is 258 g/mol. The first-order valence-corrected chi connectivity index (χ1v) is 7.36. The molecule has 0 atom stereocenters. The number of nitrogens with zero attached hydrogens (tertiary/aromatic N) is 3. The fourth-order valence-electron chi connectivity index (χ4n) is 2.31. The van der Waals surface area contributed by atoms with Gasteiger partial charge in [-0.2, -0.15) is 0 Å². The van der Waals surface area contributed by atoms with Crippen LogP contribution in [0.5, 0.6) is 0 Å². The normalized spacial score (nSPS) is 10.1. The van der Waals surface area contributed by atoms with Crippen molar-refractivity contribution in [1.29, 1.82) is 0 Å². The van der Waals surface area contributed by atoms with Gasteiger partial charge in [-0.1, -0.05) is 26.0 Å². The molecule has 0 saturated carbocycles. The van der Waals surface area contributed by atoms with Crippen molar-refractivity contribution in [3.8, 4) is 11.4 Å². The van der Waals surface area contributed by atoms with E-state index in [0.717, 1.165) is 22.4 Å². The van der Waals surface area contributed by atoms with Crippen molar-refractivity contribution >= 4 is 16.7 Å². The van der Waals surface area contributed by atoms with Crippen LogP contribution in [0.2, 0.25) is 0 Å². The lowest BCUT2D eigenvalue weighted by atomic mass is 10.2. The number of hydrogen-bond acceptors (Lipinski definition) is 2. The molecule has 0 fully saturated rings. The molecule has 0 aliphatic rings. The number of imidazole rings is 1. The van der Waals surface area contributed by atoms with Gasteiger partial charge in [-0.05, 0) is 36.4 Å². The number of aromatic nitrogens is 2. The van der Waals surface area contributed by atoms with Crippen molar-refractivity contribution in [2.24, 2.45) is 7.05 Å². The average Bonchev–Trinajstić information content (AvgIpc) is 2.87. The zero-order valence-corrected chi connectivity index (χ0v) is 13.5. The van der Waals surface area contributed by atoms with Gasteiger partial charge in [0, 0.05) is 32.4 Å². The summed E-state index contributed by atoms with van der Waals surface area (Å²) in [6, 6.07) is 16.7. The van der Waals surface area contributed by atoms with Gasteiger partial charge >= 0.3 is 0 Å². The highest BCUT2D eigenvalue weighted by Crippen LogP contribution is 2.25. The second-order valence-corrected chi connectivity index (χ2v) is 4.92. The Hall–Kier alpha value is -2.29. The number of aryl methyl sites for hydroxylation is 1. The number of hydrogen-bond donors (Lipinski definition) is 0. The van der Waals surface area contributed by atoms with Gasteiger partial charge in [0.05, 0.1) is 11.0 Å². The molecule has 0 aliphatic carbocycles. The van der Waals surface area contributed by atoms with Gasteiger partial charge in [-0.3, -0.25) is 0 Å². The van der Waals surface area contributed by atoms with E-state index in [-0.39, 0.29) is 0 Å². The lowest BCUT2D eigenvalue weighted by Crippen LogP contribution is -2.08. The maximum Gasteiger partial charge on any atom is 0.140 e. The van der Waals surface area contributed by atoms with E-state index in [4.69, 9.17) is 4.98 Å². The van der Waals surface area contributed by atoms with Crippen LogP contribution in [-0.4, -0.2) is 23.6 Å². The highest BCUT2D eigenvalue weighted by atomic mass is 15.1. The minimum atomic E-state index is 1.01. The summed E-state index contributed by atoms with van der Waals surface area (Å²) >= 11 is 0. The summed E-state index contributed by atoms with van der Waals surface area (Å²) in [6.45, 7) is 4.00. The summed E-state index contributed by atoms with van der Waals surface area (Å²) in [7, 11) is 6.15. The summed E-state index contributed by atoms with van der Waals surface area (Å²) in [6.07, 6.45) is 0. The SMILES string of the molecule is CC.CN(C)c1ccc(-c2nc3ccccc3n2C)cc1. The van der Waals surface area contributed by atoms with Crippen LogP contribution in [0.3, 0.4) is 0 Å². The number of anilines is 1. The largest absolute Gasteiger partial charge is 0.378 e. The van der Waals surface area contributed by atoms with E-state index in [9.17, 15) is 0 Å². The highest BCUT2D eigenvalue weighted by Gasteiger charge is 2.09. The smallest absolute Gasteiger partial charge is 0.140 e. The standard InChI is InChI=1S/C16H17N3.C2H6/c1-18(2)13-10-8-12(9-11-13)16-17-14-6-4-5-7-15(14)19(16)3;1-2/h4-11H,1-3H3;1-2H3. The second kappa shape index (κ2) is 6.44. The van der Waals surface area contributed by atoms with Gasteiger partial charge in [0.15, 0.2) is 0 Å². The first kappa shape index (κ1) is 15.1. The van der Waals surface area contributed by atoms with Crippen LogP contribution in [-0.2, 0) is 7.05 Å². The lowest BCUT2D eigenvalue weighted by Gasteiger charge is -2.12. The van der Waals surface area contributed by atoms with Gasteiger partial charge in [-0.25, -0.2) is 4.98 Å².